The Labute approximate surface area is 133 Å². The number of aromatic nitrogens is 1. The predicted molar refractivity (Wildman–Crippen MR) is 89.8 cm³/mol. The molecule has 2 rings (SSSR count). The van der Waals surface area contributed by atoms with Crippen LogP contribution in [0.3, 0.4) is 0 Å². The van der Waals surface area contributed by atoms with E-state index in [0.29, 0.717) is 6.04 Å². The van der Waals surface area contributed by atoms with Crippen LogP contribution in [-0.4, -0.2) is 29.0 Å². The predicted octanol–water partition coefficient (Wildman–Crippen LogP) is 3.57. The van der Waals surface area contributed by atoms with Gasteiger partial charge in [-0.3, -0.25) is 4.90 Å². The molecule has 1 aromatic rings. The highest BCUT2D eigenvalue weighted by atomic mass is 35.5. The molecule has 1 aliphatic rings. The van der Waals surface area contributed by atoms with E-state index in [9.17, 15) is 0 Å². The van der Waals surface area contributed by atoms with Gasteiger partial charge < -0.3 is 5.73 Å². The summed E-state index contributed by atoms with van der Waals surface area (Å²) in [5.41, 5.74) is 7.14. The first-order valence-electron chi connectivity index (χ1n) is 7.39. The molecule has 20 heavy (non-hydrogen) atoms. The van der Waals surface area contributed by atoms with Crippen molar-refractivity contribution in [2.45, 2.75) is 64.5 Å². The van der Waals surface area contributed by atoms with Crippen LogP contribution in [0.2, 0.25) is 0 Å². The quantitative estimate of drug-likeness (QED) is 0.923. The zero-order valence-electron chi connectivity index (χ0n) is 12.9. The maximum Gasteiger partial charge on any atom is 0.0982 e. The van der Waals surface area contributed by atoms with E-state index in [1.807, 2.05) is 0 Å². The van der Waals surface area contributed by atoms with E-state index in [2.05, 4.69) is 31.1 Å². The molecule has 1 saturated heterocycles. The van der Waals surface area contributed by atoms with Crippen LogP contribution in [0.25, 0.3) is 0 Å². The van der Waals surface area contributed by atoms with Crippen molar-refractivity contribution in [1.82, 2.24) is 9.88 Å². The number of hydrogen-bond donors (Lipinski definition) is 1. The number of nitrogens with zero attached hydrogens (tertiary/aromatic N) is 2. The number of hydrogen-bond acceptors (Lipinski definition) is 4. The molecule has 1 aromatic heterocycles. The highest BCUT2D eigenvalue weighted by molar-refractivity contribution is 7.09. The van der Waals surface area contributed by atoms with Crippen molar-refractivity contribution in [3.05, 3.63) is 16.1 Å². The molecule has 0 saturated carbocycles. The third-order valence-electron chi connectivity index (χ3n) is 3.81. The standard InChI is InChI=1S/C15H27N3S.ClH/c1-15(2,3)14-17-12(11-19-14)10-18-9-5-4-6-13(18)7-8-16;/h11,13H,4-10,16H2,1-3H3;1H. The largest absolute Gasteiger partial charge is 0.330 e. The van der Waals surface area contributed by atoms with Crippen molar-refractivity contribution < 1.29 is 0 Å². The summed E-state index contributed by atoms with van der Waals surface area (Å²) in [6, 6.07) is 0.665. The minimum absolute atomic E-state index is 0. The summed E-state index contributed by atoms with van der Waals surface area (Å²) in [6.45, 7) is 9.69. The molecule has 1 aliphatic heterocycles. The average Bonchev–Trinajstić information content (AvgIpc) is 2.80. The van der Waals surface area contributed by atoms with Gasteiger partial charge in [-0.2, -0.15) is 0 Å². The molecule has 5 heteroatoms. The summed E-state index contributed by atoms with van der Waals surface area (Å²) >= 11 is 1.80. The molecule has 2 N–H and O–H groups in total. The SMILES string of the molecule is CC(C)(C)c1nc(CN2CCCCC2CCN)cs1.Cl. The molecule has 0 aliphatic carbocycles. The van der Waals surface area contributed by atoms with Gasteiger partial charge in [0, 0.05) is 23.4 Å². The summed E-state index contributed by atoms with van der Waals surface area (Å²) in [7, 11) is 0. The molecule has 0 spiro atoms. The maximum atomic E-state index is 5.74. The fraction of sp³-hybridized carbons (Fsp3) is 0.800. The lowest BCUT2D eigenvalue weighted by Crippen LogP contribution is -2.40. The van der Waals surface area contributed by atoms with Gasteiger partial charge in [0.05, 0.1) is 10.7 Å². The fourth-order valence-corrected chi connectivity index (χ4v) is 3.62. The Kier molecular flexibility index (Phi) is 6.92. The Bertz CT molecular complexity index is 398. The monoisotopic (exact) mass is 317 g/mol. The molecule has 0 bridgehead atoms. The van der Waals surface area contributed by atoms with E-state index in [1.165, 1.54) is 36.5 Å². The summed E-state index contributed by atoms with van der Waals surface area (Å²) in [5.74, 6) is 0. The fourth-order valence-electron chi connectivity index (χ4n) is 2.72. The minimum Gasteiger partial charge on any atom is -0.330 e. The van der Waals surface area contributed by atoms with Crippen molar-refractivity contribution >= 4 is 23.7 Å². The molecule has 116 valence electrons. The van der Waals surface area contributed by atoms with Gasteiger partial charge in [-0.1, -0.05) is 27.2 Å². The van der Waals surface area contributed by atoms with Crippen LogP contribution >= 0.6 is 23.7 Å². The van der Waals surface area contributed by atoms with Gasteiger partial charge >= 0.3 is 0 Å². The van der Waals surface area contributed by atoms with Crippen LogP contribution in [0.5, 0.6) is 0 Å². The van der Waals surface area contributed by atoms with Crippen LogP contribution in [0.15, 0.2) is 5.38 Å². The van der Waals surface area contributed by atoms with Crippen LogP contribution in [0.1, 0.15) is 57.2 Å². The summed E-state index contributed by atoms with van der Waals surface area (Å²) < 4.78 is 0. The number of halogens is 1. The second kappa shape index (κ2) is 7.74. The lowest BCUT2D eigenvalue weighted by atomic mass is 9.98. The van der Waals surface area contributed by atoms with Gasteiger partial charge in [0.1, 0.15) is 0 Å². The average molecular weight is 318 g/mol. The second-order valence-electron chi connectivity index (χ2n) is 6.59. The topological polar surface area (TPSA) is 42.2 Å². The molecule has 1 atom stereocenters. The Morgan fingerprint density at radius 1 is 1.40 bits per heavy atom. The molecule has 1 unspecified atom stereocenters. The molecule has 0 amide bonds. The molecule has 0 radical (unpaired) electrons. The number of piperidine rings is 1. The van der Waals surface area contributed by atoms with Crippen molar-refractivity contribution in [1.29, 1.82) is 0 Å². The highest BCUT2D eigenvalue weighted by Crippen LogP contribution is 2.27. The van der Waals surface area contributed by atoms with E-state index < -0.39 is 0 Å². The lowest BCUT2D eigenvalue weighted by Gasteiger charge is -2.35. The van der Waals surface area contributed by atoms with Gasteiger partial charge in [-0.25, -0.2) is 4.98 Å². The van der Waals surface area contributed by atoms with Gasteiger partial charge in [0.2, 0.25) is 0 Å². The van der Waals surface area contributed by atoms with Crippen LogP contribution in [0.4, 0.5) is 0 Å². The summed E-state index contributed by atoms with van der Waals surface area (Å²) in [4.78, 5) is 7.40. The maximum absolute atomic E-state index is 5.74. The Hall–Kier alpha value is -0.160. The molecule has 0 aromatic carbocycles. The molecular formula is C15H28ClN3S. The van der Waals surface area contributed by atoms with Crippen LogP contribution < -0.4 is 5.73 Å². The second-order valence-corrected chi connectivity index (χ2v) is 7.45. The number of nitrogens with two attached hydrogens (primary N) is 1. The van der Waals surface area contributed by atoms with Crippen LogP contribution in [-0.2, 0) is 12.0 Å². The zero-order chi connectivity index (χ0) is 13.9. The summed E-state index contributed by atoms with van der Waals surface area (Å²) in [5, 5.41) is 3.48. The van der Waals surface area contributed by atoms with E-state index in [-0.39, 0.29) is 17.8 Å². The molecular weight excluding hydrogens is 290 g/mol. The molecule has 2 heterocycles. The third kappa shape index (κ3) is 4.69. The first-order valence-corrected chi connectivity index (χ1v) is 8.27. The van der Waals surface area contributed by atoms with Crippen molar-refractivity contribution in [2.24, 2.45) is 5.73 Å². The molecule has 3 nitrogen and oxygen atoms in total. The zero-order valence-corrected chi connectivity index (χ0v) is 14.5. The first kappa shape index (κ1) is 17.9. The Morgan fingerprint density at radius 2 is 2.15 bits per heavy atom. The van der Waals surface area contributed by atoms with Crippen LogP contribution in [0, 0.1) is 0 Å². The van der Waals surface area contributed by atoms with Gasteiger partial charge in [0.15, 0.2) is 0 Å². The molecule has 1 fully saturated rings. The number of rotatable bonds is 4. The van der Waals surface area contributed by atoms with Crippen molar-refractivity contribution in [3.63, 3.8) is 0 Å². The van der Waals surface area contributed by atoms with Gasteiger partial charge in [-0.05, 0) is 32.4 Å². The number of thiazole rings is 1. The highest BCUT2D eigenvalue weighted by Gasteiger charge is 2.23. The van der Waals surface area contributed by atoms with Crippen molar-refractivity contribution in [3.8, 4) is 0 Å². The van der Waals surface area contributed by atoms with E-state index in [1.54, 1.807) is 11.3 Å². The van der Waals surface area contributed by atoms with Crippen molar-refractivity contribution in [2.75, 3.05) is 13.1 Å². The Morgan fingerprint density at radius 3 is 2.75 bits per heavy atom. The van der Waals surface area contributed by atoms with E-state index in [0.717, 1.165) is 19.5 Å². The smallest absolute Gasteiger partial charge is 0.0982 e. The minimum atomic E-state index is 0. The third-order valence-corrected chi connectivity index (χ3v) is 5.12. The normalized spacial score (nSPS) is 20.7. The first-order chi connectivity index (χ1) is 9.00. The Balaban J connectivity index is 0.00000200. The van der Waals surface area contributed by atoms with E-state index in [4.69, 9.17) is 10.7 Å². The van der Waals surface area contributed by atoms with Gasteiger partial charge in [-0.15, -0.1) is 23.7 Å². The van der Waals surface area contributed by atoms with E-state index >= 15 is 0 Å². The number of likely N-dealkylation sites (tertiary alicyclic amines) is 1. The van der Waals surface area contributed by atoms with Gasteiger partial charge in [0.25, 0.3) is 0 Å². The summed E-state index contributed by atoms with van der Waals surface area (Å²) in [6.07, 6.45) is 5.09. The lowest BCUT2D eigenvalue weighted by molar-refractivity contribution is 0.132.